The number of carbonyl (C=O) groups is 1. The molecule has 0 amide bonds. The topological polar surface area (TPSA) is 46.5 Å². The number of aryl methyl sites for hydroxylation is 1. The Morgan fingerprint density at radius 2 is 2.08 bits per heavy atom. The quantitative estimate of drug-likeness (QED) is 0.656. The number of carbonyl (C=O) groups excluding carboxylic acids is 1. The van der Waals surface area contributed by atoms with E-state index >= 15 is 0 Å². The van der Waals surface area contributed by atoms with Crippen molar-refractivity contribution in [2.24, 2.45) is 5.92 Å². The van der Waals surface area contributed by atoms with Gasteiger partial charge in [0.05, 0.1) is 5.56 Å². The van der Waals surface area contributed by atoms with Gasteiger partial charge in [0, 0.05) is 12.8 Å². The third-order valence-electron chi connectivity index (χ3n) is 4.46. The lowest BCUT2D eigenvalue weighted by Gasteiger charge is -2.32. The minimum atomic E-state index is -0.397. The second-order valence-electron chi connectivity index (χ2n) is 7.85. The Hall–Kier alpha value is -2.03. The SMILES string of the molecule is CC(=CCC[C@@]1(C)C=Cc2c(O)cc(C)cc2O1)CC(=O)CC(C)C. The summed E-state index contributed by atoms with van der Waals surface area (Å²) in [5.41, 5.74) is 2.46. The predicted octanol–water partition coefficient (Wildman–Crippen LogP) is 5.60. The molecule has 136 valence electrons. The molecule has 0 bridgehead atoms. The van der Waals surface area contributed by atoms with Gasteiger partial charge in [0.15, 0.2) is 0 Å². The summed E-state index contributed by atoms with van der Waals surface area (Å²) in [4.78, 5) is 11.9. The van der Waals surface area contributed by atoms with Crippen LogP contribution in [0.1, 0.15) is 64.5 Å². The van der Waals surface area contributed by atoms with Gasteiger partial charge >= 0.3 is 0 Å². The maximum atomic E-state index is 11.9. The van der Waals surface area contributed by atoms with Gasteiger partial charge in [0.1, 0.15) is 22.9 Å². The van der Waals surface area contributed by atoms with E-state index in [0.717, 1.165) is 35.3 Å². The molecule has 1 N–H and O–H groups in total. The molecule has 3 heteroatoms. The monoisotopic (exact) mass is 342 g/mol. The minimum Gasteiger partial charge on any atom is -0.507 e. The first-order valence-electron chi connectivity index (χ1n) is 9.08. The van der Waals surface area contributed by atoms with Gasteiger partial charge in [0.2, 0.25) is 0 Å². The van der Waals surface area contributed by atoms with Crippen molar-refractivity contribution in [3.8, 4) is 11.5 Å². The van der Waals surface area contributed by atoms with Crippen LogP contribution in [0.25, 0.3) is 6.08 Å². The lowest BCUT2D eigenvalue weighted by molar-refractivity contribution is -0.119. The van der Waals surface area contributed by atoms with Crippen LogP contribution in [-0.2, 0) is 4.79 Å². The Morgan fingerprint density at radius 1 is 1.36 bits per heavy atom. The molecule has 0 aliphatic carbocycles. The van der Waals surface area contributed by atoms with Gasteiger partial charge in [-0.25, -0.2) is 0 Å². The average Bonchev–Trinajstić information content (AvgIpc) is 2.44. The van der Waals surface area contributed by atoms with E-state index in [1.807, 2.05) is 32.1 Å². The van der Waals surface area contributed by atoms with Gasteiger partial charge in [-0.3, -0.25) is 4.79 Å². The fourth-order valence-electron chi connectivity index (χ4n) is 3.19. The van der Waals surface area contributed by atoms with Gasteiger partial charge in [-0.05, 0) is 69.4 Å². The van der Waals surface area contributed by atoms with Crippen LogP contribution < -0.4 is 4.74 Å². The molecule has 2 rings (SSSR count). The van der Waals surface area contributed by atoms with Gasteiger partial charge < -0.3 is 9.84 Å². The van der Waals surface area contributed by atoms with Crippen LogP contribution in [0.2, 0.25) is 0 Å². The van der Waals surface area contributed by atoms with E-state index in [2.05, 4.69) is 26.8 Å². The van der Waals surface area contributed by atoms with E-state index in [4.69, 9.17) is 4.74 Å². The molecule has 0 fully saturated rings. The zero-order chi connectivity index (χ0) is 18.6. The largest absolute Gasteiger partial charge is 0.507 e. The number of fused-ring (bicyclic) bond motifs is 1. The maximum absolute atomic E-state index is 11.9. The zero-order valence-corrected chi connectivity index (χ0v) is 16.1. The van der Waals surface area contributed by atoms with Crippen molar-refractivity contribution in [3.05, 3.63) is 41.0 Å². The number of rotatable bonds is 7. The summed E-state index contributed by atoms with van der Waals surface area (Å²) in [6, 6.07) is 3.71. The Kier molecular flexibility index (Phi) is 6.10. The Balaban J connectivity index is 1.95. The van der Waals surface area contributed by atoms with E-state index in [1.54, 1.807) is 6.07 Å². The fourth-order valence-corrected chi connectivity index (χ4v) is 3.19. The summed E-state index contributed by atoms with van der Waals surface area (Å²) < 4.78 is 6.15. The van der Waals surface area contributed by atoms with Gasteiger partial charge in [0.25, 0.3) is 0 Å². The molecule has 1 aliphatic rings. The van der Waals surface area contributed by atoms with Crippen molar-refractivity contribution in [3.63, 3.8) is 0 Å². The summed E-state index contributed by atoms with van der Waals surface area (Å²) in [6.07, 6.45) is 8.97. The molecule has 1 aliphatic heterocycles. The lowest BCUT2D eigenvalue weighted by Crippen LogP contribution is -2.31. The molecule has 1 aromatic rings. The highest BCUT2D eigenvalue weighted by Gasteiger charge is 2.28. The molecule has 0 unspecified atom stereocenters. The van der Waals surface area contributed by atoms with Crippen molar-refractivity contribution >= 4 is 11.9 Å². The minimum absolute atomic E-state index is 0.257. The van der Waals surface area contributed by atoms with Crippen molar-refractivity contribution in [1.29, 1.82) is 0 Å². The number of phenolic OH excluding ortho intramolecular Hbond substituents is 1. The van der Waals surface area contributed by atoms with E-state index in [-0.39, 0.29) is 5.75 Å². The van der Waals surface area contributed by atoms with Crippen molar-refractivity contribution in [2.75, 3.05) is 0 Å². The summed E-state index contributed by atoms with van der Waals surface area (Å²) in [6.45, 7) is 10.2. The first-order chi connectivity index (χ1) is 11.7. The molecule has 0 saturated carbocycles. The second kappa shape index (κ2) is 7.90. The van der Waals surface area contributed by atoms with Gasteiger partial charge in [-0.2, -0.15) is 0 Å². The van der Waals surface area contributed by atoms with Crippen LogP contribution in [0, 0.1) is 12.8 Å². The standard InChI is InChI=1S/C22H30O3/c1-15(2)11-18(23)12-16(3)7-6-9-22(5)10-8-19-20(24)13-17(4)14-21(19)25-22/h7-8,10,13-15,24H,6,9,11-12H2,1-5H3/t22-/m0/s1. The second-order valence-corrected chi connectivity index (χ2v) is 7.85. The van der Waals surface area contributed by atoms with Crippen LogP contribution in [0.15, 0.2) is 29.9 Å². The smallest absolute Gasteiger partial charge is 0.137 e. The molecule has 1 aromatic carbocycles. The van der Waals surface area contributed by atoms with E-state index in [1.165, 1.54) is 0 Å². The van der Waals surface area contributed by atoms with Crippen LogP contribution >= 0.6 is 0 Å². The first kappa shape index (κ1) is 19.3. The third kappa shape index (κ3) is 5.48. The Labute approximate surface area is 151 Å². The highest BCUT2D eigenvalue weighted by molar-refractivity contribution is 5.80. The fraction of sp³-hybridized carbons (Fsp3) is 0.500. The Bertz CT molecular complexity index is 697. The van der Waals surface area contributed by atoms with E-state index in [9.17, 15) is 9.90 Å². The number of hydrogen-bond donors (Lipinski definition) is 1. The number of benzene rings is 1. The molecule has 0 radical (unpaired) electrons. The summed E-state index contributed by atoms with van der Waals surface area (Å²) >= 11 is 0. The third-order valence-corrected chi connectivity index (χ3v) is 4.46. The van der Waals surface area contributed by atoms with Crippen molar-refractivity contribution in [2.45, 2.75) is 65.9 Å². The first-order valence-corrected chi connectivity index (χ1v) is 9.08. The number of allylic oxidation sites excluding steroid dienone is 2. The van der Waals surface area contributed by atoms with Crippen molar-refractivity contribution < 1.29 is 14.6 Å². The molecule has 1 heterocycles. The van der Waals surface area contributed by atoms with E-state index < -0.39 is 5.60 Å². The van der Waals surface area contributed by atoms with Crippen LogP contribution in [-0.4, -0.2) is 16.5 Å². The van der Waals surface area contributed by atoms with Crippen molar-refractivity contribution in [1.82, 2.24) is 0 Å². The molecule has 1 atom stereocenters. The summed E-state index contributed by atoms with van der Waals surface area (Å²) in [5.74, 6) is 1.71. The highest BCUT2D eigenvalue weighted by atomic mass is 16.5. The molecule has 0 aromatic heterocycles. The van der Waals surface area contributed by atoms with Crippen LogP contribution in [0.4, 0.5) is 0 Å². The normalized spacial score (nSPS) is 19.7. The molecular weight excluding hydrogens is 312 g/mol. The number of Topliss-reactive ketones (excluding diaryl/α,β-unsaturated/α-hetero) is 1. The predicted molar refractivity (Wildman–Crippen MR) is 103 cm³/mol. The highest BCUT2D eigenvalue weighted by Crippen LogP contribution is 2.38. The summed E-state index contributed by atoms with van der Waals surface area (Å²) in [5, 5.41) is 10.0. The average molecular weight is 342 g/mol. The lowest BCUT2D eigenvalue weighted by atomic mass is 9.93. The maximum Gasteiger partial charge on any atom is 0.137 e. The zero-order valence-electron chi connectivity index (χ0n) is 16.1. The molecule has 25 heavy (non-hydrogen) atoms. The molecular formula is C22H30O3. The molecule has 3 nitrogen and oxygen atoms in total. The number of ether oxygens (including phenoxy) is 1. The number of hydrogen-bond acceptors (Lipinski definition) is 3. The Morgan fingerprint density at radius 3 is 2.76 bits per heavy atom. The number of ketones is 1. The van der Waals surface area contributed by atoms with Gasteiger partial charge in [-0.1, -0.05) is 25.5 Å². The van der Waals surface area contributed by atoms with Crippen LogP contribution in [0.3, 0.4) is 0 Å². The molecule has 0 saturated heterocycles. The van der Waals surface area contributed by atoms with E-state index in [0.29, 0.717) is 24.5 Å². The number of phenols is 1. The van der Waals surface area contributed by atoms with Gasteiger partial charge in [-0.15, -0.1) is 0 Å². The summed E-state index contributed by atoms with van der Waals surface area (Å²) in [7, 11) is 0. The van der Waals surface area contributed by atoms with Crippen LogP contribution in [0.5, 0.6) is 11.5 Å². The molecule has 0 spiro atoms. The number of aromatic hydroxyl groups is 1.